The molecule has 4 rings (SSSR count). The van der Waals surface area contributed by atoms with Crippen molar-refractivity contribution < 1.29 is 9.69 Å². The first-order valence-corrected chi connectivity index (χ1v) is 10.6. The van der Waals surface area contributed by atoms with Crippen LogP contribution in [-0.4, -0.2) is 43.5 Å². The topological polar surface area (TPSA) is 24.8 Å². The molecule has 0 unspecified atom stereocenters. The number of hydrogen-bond donors (Lipinski definition) is 1. The van der Waals surface area contributed by atoms with Crippen molar-refractivity contribution in [2.24, 2.45) is 11.8 Å². The predicted molar refractivity (Wildman–Crippen MR) is 105 cm³/mol. The van der Waals surface area contributed by atoms with Gasteiger partial charge in [0, 0.05) is 25.3 Å². The molecule has 1 saturated carbocycles. The number of nitrogens with one attached hydrogen (secondary N) is 1. The van der Waals surface area contributed by atoms with Gasteiger partial charge in [-0.25, -0.2) is 0 Å². The maximum Gasteiger partial charge on any atom is 0.226 e. The monoisotopic (exact) mass is 353 g/mol. The van der Waals surface area contributed by atoms with Gasteiger partial charge in [-0.05, 0) is 43.1 Å². The van der Waals surface area contributed by atoms with Gasteiger partial charge in [0.2, 0.25) is 5.91 Å². The van der Waals surface area contributed by atoms with Crippen molar-refractivity contribution in [3.05, 3.63) is 48.0 Å². The number of carbonyl (C=O) groups excluding carboxylic acids is 1. The molecular weight excluding hydrogens is 320 g/mol. The average molecular weight is 354 g/mol. The molecule has 140 valence electrons. The van der Waals surface area contributed by atoms with Crippen molar-refractivity contribution in [3.8, 4) is 0 Å². The molecule has 1 amide bonds. The Labute approximate surface area is 158 Å². The van der Waals surface area contributed by atoms with Gasteiger partial charge in [0.05, 0.1) is 26.2 Å². The largest absolute Gasteiger partial charge is 0.337 e. The Kier molecular flexibility index (Phi) is 5.74. The molecule has 1 N–H and O–H groups in total. The molecule has 1 saturated heterocycles. The standard InChI is InChI=1S/C23H32N2O/c26-23(22-17-21(22)20-11-5-2-6-12-20)25(16-15-24-13-7-8-14-24)18-19-9-3-1-4-10-19/h1-3,5-6,11-12,19,21-22H,4,7-10,13-18H2/p+1/t19-,21+,22-/m1/s1. The van der Waals surface area contributed by atoms with Crippen LogP contribution in [0.3, 0.4) is 0 Å². The summed E-state index contributed by atoms with van der Waals surface area (Å²) in [5.41, 5.74) is 1.34. The molecule has 3 heteroatoms. The van der Waals surface area contributed by atoms with Gasteiger partial charge in [0.25, 0.3) is 0 Å². The van der Waals surface area contributed by atoms with E-state index in [-0.39, 0.29) is 5.92 Å². The highest BCUT2D eigenvalue weighted by Crippen LogP contribution is 2.48. The summed E-state index contributed by atoms with van der Waals surface area (Å²) in [6, 6.07) is 10.6. The van der Waals surface area contributed by atoms with Crippen LogP contribution < -0.4 is 4.90 Å². The number of allylic oxidation sites excluding steroid dienone is 2. The molecule has 0 aromatic heterocycles. The Morgan fingerprint density at radius 2 is 1.92 bits per heavy atom. The van der Waals surface area contributed by atoms with E-state index in [1.165, 1.54) is 44.3 Å². The molecule has 1 aromatic rings. The van der Waals surface area contributed by atoms with Crippen molar-refractivity contribution in [1.29, 1.82) is 0 Å². The van der Waals surface area contributed by atoms with Crippen molar-refractivity contribution >= 4 is 5.91 Å². The Morgan fingerprint density at radius 3 is 2.65 bits per heavy atom. The SMILES string of the molecule is O=C([C@@H]1C[C@H]1c1ccccc1)N(CC[NH+]1CCCC1)C[C@@H]1CC=CCC1. The molecular formula is C23H33N2O+. The van der Waals surface area contributed by atoms with Gasteiger partial charge in [-0.2, -0.15) is 0 Å². The third-order valence-electron chi connectivity index (χ3n) is 6.55. The zero-order chi connectivity index (χ0) is 17.8. The van der Waals surface area contributed by atoms with Gasteiger partial charge >= 0.3 is 0 Å². The van der Waals surface area contributed by atoms with Crippen LogP contribution >= 0.6 is 0 Å². The summed E-state index contributed by atoms with van der Waals surface area (Å²) in [5.74, 6) is 1.76. The fraction of sp³-hybridized carbons (Fsp3) is 0.609. The maximum atomic E-state index is 13.3. The lowest BCUT2D eigenvalue weighted by Crippen LogP contribution is -3.10. The molecule has 1 heterocycles. The summed E-state index contributed by atoms with van der Waals surface area (Å²) in [7, 11) is 0. The number of amides is 1. The van der Waals surface area contributed by atoms with Crippen LogP contribution in [0.2, 0.25) is 0 Å². The molecule has 26 heavy (non-hydrogen) atoms. The summed E-state index contributed by atoms with van der Waals surface area (Å²) in [6.45, 7) is 5.65. The summed E-state index contributed by atoms with van der Waals surface area (Å²) in [5, 5.41) is 0. The molecule has 0 bridgehead atoms. The van der Waals surface area contributed by atoms with Crippen molar-refractivity contribution in [2.45, 2.75) is 44.4 Å². The predicted octanol–water partition coefficient (Wildman–Crippen LogP) is 2.65. The first kappa shape index (κ1) is 17.8. The molecule has 3 atom stereocenters. The lowest BCUT2D eigenvalue weighted by Gasteiger charge is -2.29. The lowest BCUT2D eigenvalue weighted by molar-refractivity contribution is -0.886. The van der Waals surface area contributed by atoms with Crippen LogP contribution in [0.5, 0.6) is 0 Å². The molecule has 2 aliphatic carbocycles. The van der Waals surface area contributed by atoms with Gasteiger partial charge in [-0.15, -0.1) is 0 Å². The van der Waals surface area contributed by atoms with Crippen LogP contribution in [0.25, 0.3) is 0 Å². The number of benzene rings is 1. The van der Waals surface area contributed by atoms with Crippen LogP contribution in [0.15, 0.2) is 42.5 Å². The zero-order valence-corrected chi connectivity index (χ0v) is 15.9. The minimum atomic E-state index is 0.227. The third-order valence-corrected chi connectivity index (χ3v) is 6.55. The molecule has 0 radical (unpaired) electrons. The van der Waals surface area contributed by atoms with Crippen LogP contribution in [0.4, 0.5) is 0 Å². The maximum absolute atomic E-state index is 13.3. The van der Waals surface area contributed by atoms with Gasteiger partial charge in [-0.1, -0.05) is 42.5 Å². The number of likely N-dealkylation sites (tertiary alicyclic amines) is 1. The van der Waals surface area contributed by atoms with E-state index < -0.39 is 0 Å². The van der Waals surface area contributed by atoms with E-state index in [0.29, 0.717) is 17.7 Å². The van der Waals surface area contributed by atoms with E-state index in [9.17, 15) is 4.79 Å². The highest BCUT2D eigenvalue weighted by Gasteiger charge is 2.46. The van der Waals surface area contributed by atoms with E-state index in [0.717, 1.165) is 32.5 Å². The van der Waals surface area contributed by atoms with Crippen molar-refractivity contribution in [3.63, 3.8) is 0 Å². The quantitative estimate of drug-likeness (QED) is 0.749. The molecule has 1 aromatic carbocycles. The second kappa shape index (κ2) is 8.39. The first-order valence-electron chi connectivity index (χ1n) is 10.6. The summed E-state index contributed by atoms with van der Waals surface area (Å²) in [4.78, 5) is 17.2. The highest BCUT2D eigenvalue weighted by atomic mass is 16.2. The van der Waals surface area contributed by atoms with Crippen LogP contribution in [-0.2, 0) is 4.79 Å². The van der Waals surface area contributed by atoms with Crippen molar-refractivity contribution in [1.82, 2.24) is 4.90 Å². The number of quaternary nitrogens is 1. The lowest BCUT2D eigenvalue weighted by atomic mass is 9.93. The minimum Gasteiger partial charge on any atom is -0.337 e. The average Bonchev–Trinajstić information content (AvgIpc) is 3.33. The second-order valence-corrected chi connectivity index (χ2v) is 8.50. The Morgan fingerprint density at radius 1 is 1.12 bits per heavy atom. The number of rotatable bonds is 7. The van der Waals surface area contributed by atoms with Gasteiger partial charge in [0.15, 0.2) is 0 Å². The minimum absolute atomic E-state index is 0.227. The normalized spacial score (nSPS) is 28.2. The van der Waals surface area contributed by atoms with E-state index >= 15 is 0 Å². The summed E-state index contributed by atoms with van der Waals surface area (Å²) < 4.78 is 0. The Balaban J connectivity index is 1.37. The fourth-order valence-corrected chi connectivity index (χ4v) is 4.81. The van der Waals surface area contributed by atoms with Gasteiger partial charge < -0.3 is 9.80 Å². The molecule has 1 aliphatic heterocycles. The highest BCUT2D eigenvalue weighted by molar-refractivity contribution is 5.83. The third kappa shape index (κ3) is 4.37. The Bertz CT molecular complexity index is 620. The number of hydrogen-bond acceptors (Lipinski definition) is 1. The van der Waals surface area contributed by atoms with E-state index in [2.05, 4.69) is 47.4 Å². The fourth-order valence-electron chi connectivity index (χ4n) is 4.81. The first-order chi connectivity index (χ1) is 12.8. The molecule has 2 fully saturated rings. The summed E-state index contributed by atoms with van der Waals surface area (Å²) >= 11 is 0. The van der Waals surface area contributed by atoms with Crippen LogP contribution in [0, 0.1) is 11.8 Å². The zero-order valence-electron chi connectivity index (χ0n) is 15.9. The van der Waals surface area contributed by atoms with Gasteiger partial charge in [-0.3, -0.25) is 4.79 Å². The number of nitrogens with zero attached hydrogens (tertiary/aromatic N) is 1. The summed E-state index contributed by atoms with van der Waals surface area (Å²) in [6.07, 6.45) is 11.9. The molecule has 3 nitrogen and oxygen atoms in total. The van der Waals surface area contributed by atoms with E-state index in [1.54, 1.807) is 4.90 Å². The molecule has 3 aliphatic rings. The van der Waals surface area contributed by atoms with Gasteiger partial charge in [0.1, 0.15) is 0 Å². The molecule has 0 spiro atoms. The smallest absolute Gasteiger partial charge is 0.226 e. The number of carbonyl (C=O) groups is 1. The second-order valence-electron chi connectivity index (χ2n) is 8.50. The van der Waals surface area contributed by atoms with E-state index in [4.69, 9.17) is 0 Å². The van der Waals surface area contributed by atoms with E-state index in [1.807, 2.05) is 0 Å². The Hall–Kier alpha value is -1.61. The van der Waals surface area contributed by atoms with Crippen LogP contribution in [0.1, 0.15) is 50.0 Å². The van der Waals surface area contributed by atoms with Crippen molar-refractivity contribution in [2.75, 3.05) is 32.7 Å².